The predicted octanol–water partition coefficient (Wildman–Crippen LogP) is 6.78. The van der Waals surface area contributed by atoms with Gasteiger partial charge in [-0.15, -0.1) is 0 Å². The van der Waals surface area contributed by atoms with Gasteiger partial charge >= 0.3 is 0 Å². The lowest BCUT2D eigenvalue weighted by Gasteiger charge is -1.99. The van der Waals surface area contributed by atoms with E-state index in [1.807, 2.05) is 18.2 Å². The van der Waals surface area contributed by atoms with Crippen LogP contribution in [0, 0.1) is 0 Å². The Morgan fingerprint density at radius 2 is 1.00 bits per heavy atom. The first-order valence-electron chi connectivity index (χ1n) is 8.15. The van der Waals surface area contributed by atoms with Crippen LogP contribution in [0.1, 0.15) is 0 Å². The van der Waals surface area contributed by atoms with Gasteiger partial charge in [-0.05, 0) is 36.4 Å². The van der Waals surface area contributed by atoms with Gasteiger partial charge in [0.1, 0.15) is 11.4 Å². The van der Waals surface area contributed by atoms with E-state index in [1.54, 1.807) is 24.3 Å². The molecule has 0 bridgehead atoms. The number of nitrogens with one attached hydrogen (secondary N) is 2. The molecule has 0 radical (unpaired) electrons. The molecule has 0 amide bonds. The number of aromatic nitrogens is 5. The van der Waals surface area contributed by atoms with Crippen molar-refractivity contribution in [1.82, 2.24) is 24.9 Å². The summed E-state index contributed by atoms with van der Waals surface area (Å²) in [5.74, 6) is 1.22. The molecule has 0 aliphatic rings. The molecule has 5 rings (SSSR count). The van der Waals surface area contributed by atoms with Gasteiger partial charge in [-0.3, -0.25) is 0 Å². The van der Waals surface area contributed by atoms with Crippen LogP contribution in [0.5, 0.6) is 0 Å². The van der Waals surface area contributed by atoms with Crippen molar-refractivity contribution in [3.05, 3.63) is 62.6 Å². The number of imidazole rings is 2. The quantitative estimate of drug-likeness (QED) is 0.312. The summed E-state index contributed by atoms with van der Waals surface area (Å²) in [5.41, 5.74) is 4.32. The summed E-state index contributed by atoms with van der Waals surface area (Å²) in [6.45, 7) is 0. The summed E-state index contributed by atoms with van der Waals surface area (Å²) in [6.07, 6.45) is 0. The van der Waals surface area contributed by atoms with Gasteiger partial charge < -0.3 is 9.97 Å². The van der Waals surface area contributed by atoms with E-state index in [0.717, 1.165) is 11.0 Å². The SMILES string of the molecule is Clc1cc2nc(-c3cccc(-c4nc5cc(Cl)c(Cl)cc5[nH]4)n3)[nH]c2cc1Cl. The lowest BCUT2D eigenvalue weighted by atomic mass is 10.3. The van der Waals surface area contributed by atoms with Crippen LogP contribution in [0.15, 0.2) is 42.5 Å². The Bertz CT molecular complexity index is 1190. The Morgan fingerprint density at radius 3 is 1.46 bits per heavy atom. The molecule has 0 aliphatic carbocycles. The van der Waals surface area contributed by atoms with Crippen LogP contribution >= 0.6 is 46.4 Å². The zero-order valence-corrected chi connectivity index (χ0v) is 16.9. The number of nitrogens with zero attached hydrogens (tertiary/aromatic N) is 3. The summed E-state index contributed by atoms with van der Waals surface area (Å²) in [4.78, 5) is 20.2. The molecular formula is C19H9Cl4N5. The molecule has 9 heteroatoms. The summed E-state index contributed by atoms with van der Waals surface area (Å²) in [5, 5.41) is 1.83. The van der Waals surface area contributed by atoms with Gasteiger partial charge in [-0.2, -0.15) is 0 Å². The monoisotopic (exact) mass is 447 g/mol. The second-order valence-corrected chi connectivity index (χ2v) is 7.77. The number of hydrogen-bond acceptors (Lipinski definition) is 3. The summed E-state index contributed by atoms with van der Waals surface area (Å²) >= 11 is 24.3. The molecule has 2 N–H and O–H groups in total. The maximum absolute atomic E-state index is 6.08. The number of benzene rings is 2. The van der Waals surface area contributed by atoms with Crippen LogP contribution in [0.4, 0.5) is 0 Å². The largest absolute Gasteiger partial charge is 0.337 e. The van der Waals surface area contributed by atoms with Crippen LogP contribution < -0.4 is 0 Å². The standard InChI is InChI=1S/C19H9Cl4N5/c20-8-4-14-15(5-9(8)21)26-18(25-14)12-2-1-3-13(24-12)19-27-16-6-10(22)11(23)7-17(16)28-19/h1-7H,(H,25,26)(H,27,28). The highest BCUT2D eigenvalue weighted by Gasteiger charge is 2.13. The van der Waals surface area contributed by atoms with Crippen molar-refractivity contribution in [3.8, 4) is 23.0 Å². The predicted molar refractivity (Wildman–Crippen MR) is 114 cm³/mol. The van der Waals surface area contributed by atoms with Crippen LogP contribution in [0.3, 0.4) is 0 Å². The molecule has 0 atom stereocenters. The normalized spacial score (nSPS) is 11.6. The third kappa shape index (κ3) is 3.01. The summed E-state index contributed by atoms with van der Waals surface area (Å²) in [6, 6.07) is 12.5. The second-order valence-electron chi connectivity index (χ2n) is 6.15. The van der Waals surface area contributed by atoms with Crippen molar-refractivity contribution in [1.29, 1.82) is 0 Å². The first-order chi connectivity index (χ1) is 13.5. The van der Waals surface area contributed by atoms with Gasteiger partial charge in [0.15, 0.2) is 11.6 Å². The van der Waals surface area contributed by atoms with E-state index < -0.39 is 0 Å². The highest BCUT2D eigenvalue weighted by molar-refractivity contribution is 6.43. The first kappa shape index (κ1) is 17.8. The minimum absolute atomic E-state index is 0.452. The number of hydrogen-bond donors (Lipinski definition) is 2. The van der Waals surface area contributed by atoms with Gasteiger partial charge in [-0.1, -0.05) is 52.5 Å². The number of aromatic amines is 2. The third-order valence-electron chi connectivity index (χ3n) is 4.28. The molecule has 2 aromatic carbocycles. The maximum atomic E-state index is 6.08. The third-order valence-corrected chi connectivity index (χ3v) is 5.73. The lowest BCUT2D eigenvalue weighted by Crippen LogP contribution is -1.90. The fraction of sp³-hybridized carbons (Fsp3) is 0. The average Bonchev–Trinajstić information content (AvgIpc) is 3.26. The van der Waals surface area contributed by atoms with E-state index in [0.29, 0.717) is 54.2 Å². The summed E-state index contributed by atoms with van der Waals surface area (Å²) < 4.78 is 0. The lowest BCUT2D eigenvalue weighted by molar-refractivity contribution is 1.20. The maximum Gasteiger partial charge on any atom is 0.157 e. The van der Waals surface area contributed by atoms with E-state index in [4.69, 9.17) is 46.4 Å². The molecule has 5 nitrogen and oxygen atoms in total. The van der Waals surface area contributed by atoms with Crippen molar-refractivity contribution in [2.24, 2.45) is 0 Å². The van der Waals surface area contributed by atoms with E-state index in [-0.39, 0.29) is 0 Å². The van der Waals surface area contributed by atoms with Gasteiger partial charge in [-0.25, -0.2) is 15.0 Å². The molecule has 5 aromatic rings. The molecule has 28 heavy (non-hydrogen) atoms. The minimum Gasteiger partial charge on any atom is -0.337 e. The number of pyridine rings is 1. The molecule has 3 aromatic heterocycles. The second kappa shape index (κ2) is 6.64. The van der Waals surface area contributed by atoms with Crippen molar-refractivity contribution < 1.29 is 0 Å². The Morgan fingerprint density at radius 1 is 0.571 bits per heavy atom. The highest BCUT2D eigenvalue weighted by Crippen LogP contribution is 2.30. The Labute approximate surface area is 178 Å². The van der Waals surface area contributed by atoms with Crippen LogP contribution in [-0.2, 0) is 0 Å². The number of rotatable bonds is 2. The van der Waals surface area contributed by atoms with Crippen LogP contribution in [-0.4, -0.2) is 24.9 Å². The zero-order chi connectivity index (χ0) is 19.4. The number of fused-ring (bicyclic) bond motifs is 2. The number of H-pyrrole nitrogens is 2. The highest BCUT2D eigenvalue weighted by atomic mass is 35.5. The fourth-order valence-corrected chi connectivity index (χ4v) is 3.59. The van der Waals surface area contributed by atoms with Crippen LogP contribution in [0.25, 0.3) is 45.1 Å². The zero-order valence-electron chi connectivity index (χ0n) is 13.9. The Hall–Kier alpha value is -2.31. The van der Waals surface area contributed by atoms with E-state index in [2.05, 4.69) is 24.9 Å². The molecule has 0 spiro atoms. The van der Waals surface area contributed by atoms with E-state index in [9.17, 15) is 0 Å². The van der Waals surface area contributed by atoms with E-state index in [1.165, 1.54) is 0 Å². The Balaban J connectivity index is 1.60. The average molecular weight is 449 g/mol. The molecule has 3 heterocycles. The molecule has 0 aliphatic heterocycles. The van der Waals surface area contributed by atoms with Gasteiger partial charge in [0, 0.05) is 0 Å². The molecule has 0 fully saturated rings. The van der Waals surface area contributed by atoms with Gasteiger partial charge in [0.05, 0.1) is 42.2 Å². The molecule has 0 saturated heterocycles. The minimum atomic E-state index is 0.452. The summed E-state index contributed by atoms with van der Waals surface area (Å²) in [7, 11) is 0. The van der Waals surface area contributed by atoms with Crippen LogP contribution in [0.2, 0.25) is 20.1 Å². The smallest absolute Gasteiger partial charge is 0.157 e. The van der Waals surface area contributed by atoms with Gasteiger partial charge in [0.2, 0.25) is 0 Å². The van der Waals surface area contributed by atoms with Gasteiger partial charge in [0.25, 0.3) is 0 Å². The topological polar surface area (TPSA) is 70.2 Å². The molecule has 138 valence electrons. The Kier molecular flexibility index (Phi) is 4.21. The fourth-order valence-electron chi connectivity index (χ4n) is 2.95. The van der Waals surface area contributed by atoms with E-state index >= 15 is 0 Å². The first-order valence-corrected chi connectivity index (χ1v) is 9.66. The molecule has 0 unspecified atom stereocenters. The van der Waals surface area contributed by atoms with Crippen molar-refractivity contribution in [2.45, 2.75) is 0 Å². The molecular weight excluding hydrogens is 440 g/mol. The number of halogens is 4. The molecule has 0 saturated carbocycles. The van der Waals surface area contributed by atoms with Crippen molar-refractivity contribution >= 4 is 68.5 Å². The van der Waals surface area contributed by atoms with Crippen molar-refractivity contribution in [2.75, 3.05) is 0 Å². The van der Waals surface area contributed by atoms with Crippen molar-refractivity contribution in [3.63, 3.8) is 0 Å².